The maximum Gasteiger partial charge on any atom is 0.288 e. The summed E-state index contributed by atoms with van der Waals surface area (Å²) in [7, 11) is 1.41. The Kier molecular flexibility index (Phi) is 4.17. The molecule has 3 rings (SSSR count). The SMILES string of the molecule is COc1ccc(C2(O)C(O)(O)NC(=O)C2(O)O)cc1OC1CCCC1. The van der Waals surface area contributed by atoms with Gasteiger partial charge in [0.15, 0.2) is 11.5 Å². The molecule has 1 saturated heterocycles. The molecule has 1 aromatic rings. The van der Waals surface area contributed by atoms with Gasteiger partial charge in [-0.25, -0.2) is 0 Å². The second kappa shape index (κ2) is 5.82. The van der Waals surface area contributed by atoms with Crippen molar-refractivity contribution in [2.75, 3.05) is 7.11 Å². The molecule has 1 unspecified atom stereocenters. The van der Waals surface area contributed by atoms with E-state index in [0.29, 0.717) is 5.75 Å². The van der Waals surface area contributed by atoms with Crippen LogP contribution in [0.3, 0.4) is 0 Å². The van der Waals surface area contributed by atoms with Crippen LogP contribution in [0.4, 0.5) is 0 Å². The molecule has 9 heteroatoms. The van der Waals surface area contributed by atoms with Crippen LogP contribution in [-0.4, -0.2) is 56.4 Å². The zero-order valence-corrected chi connectivity index (χ0v) is 13.6. The number of carbonyl (C=O) groups excluding carboxylic acids is 1. The van der Waals surface area contributed by atoms with E-state index < -0.39 is 23.2 Å². The van der Waals surface area contributed by atoms with Crippen molar-refractivity contribution in [1.82, 2.24) is 5.32 Å². The Bertz CT molecular complexity index is 683. The van der Waals surface area contributed by atoms with Gasteiger partial charge in [0.1, 0.15) is 0 Å². The van der Waals surface area contributed by atoms with Crippen LogP contribution >= 0.6 is 0 Å². The Morgan fingerprint density at radius 1 is 1.08 bits per heavy atom. The number of hydrogen-bond donors (Lipinski definition) is 6. The number of benzene rings is 1. The third-order valence-electron chi connectivity index (χ3n) is 4.79. The van der Waals surface area contributed by atoms with E-state index in [1.54, 1.807) is 5.32 Å². The minimum Gasteiger partial charge on any atom is -0.493 e. The molecular weight excluding hydrogens is 334 g/mol. The average molecular weight is 355 g/mol. The van der Waals surface area contributed by atoms with Crippen molar-refractivity contribution in [1.29, 1.82) is 0 Å². The maximum absolute atomic E-state index is 11.6. The molecule has 2 fully saturated rings. The van der Waals surface area contributed by atoms with Crippen LogP contribution in [0, 0.1) is 0 Å². The summed E-state index contributed by atoms with van der Waals surface area (Å²) in [4.78, 5) is 11.6. The lowest BCUT2D eigenvalue weighted by Gasteiger charge is -2.37. The standard InChI is InChI=1S/C16H21NO8/c1-24-11-7-6-9(8-12(11)25-10-4-2-3-5-10)14(19)15(20,21)13(18)17-16(14,22)23/h6-8,10,19-23H,2-5H2,1H3,(H,17,18). The summed E-state index contributed by atoms with van der Waals surface area (Å²) >= 11 is 0. The lowest BCUT2D eigenvalue weighted by Crippen LogP contribution is -2.62. The second-order valence-electron chi connectivity index (χ2n) is 6.40. The van der Waals surface area contributed by atoms with E-state index in [2.05, 4.69) is 0 Å². The Hall–Kier alpha value is -1.91. The zero-order chi connectivity index (χ0) is 18.5. The summed E-state index contributed by atoms with van der Waals surface area (Å²) in [6.45, 7) is 0. The summed E-state index contributed by atoms with van der Waals surface area (Å²) in [5.74, 6) is -7.80. The molecule has 0 bridgehead atoms. The van der Waals surface area contributed by atoms with Gasteiger partial charge in [-0.1, -0.05) is 6.07 Å². The van der Waals surface area contributed by atoms with Gasteiger partial charge >= 0.3 is 0 Å². The van der Waals surface area contributed by atoms with E-state index in [4.69, 9.17) is 9.47 Å². The number of rotatable bonds is 4. The molecule has 1 amide bonds. The topological polar surface area (TPSA) is 149 Å². The monoisotopic (exact) mass is 355 g/mol. The molecule has 1 aromatic carbocycles. The van der Waals surface area contributed by atoms with Gasteiger partial charge in [-0.3, -0.25) is 10.1 Å². The van der Waals surface area contributed by atoms with Gasteiger partial charge in [0, 0.05) is 5.56 Å². The lowest BCUT2D eigenvalue weighted by atomic mass is 9.84. The second-order valence-corrected chi connectivity index (χ2v) is 6.40. The van der Waals surface area contributed by atoms with Crippen LogP contribution in [0.1, 0.15) is 31.2 Å². The zero-order valence-electron chi connectivity index (χ0n) is 13.6. The molecule has 0 aromatic heterocycles. The fraction of sp³-hybridized carbons (Fsp3) is 0.562. The lowest BCUT2D eigenvalue weighted by molar-refractivity contribution is -0.348. The van der Waals surface area contributed by atoms with Crippen molar-refractivity contribution < 1.29 is 39.8 Å². The largest absolute Gasteiger partial charge is 0.493 e. The van der Waals surface area contributed by atoms with E-state index >= 15 is 0 Å². The first-order valence-electron chi connectivity index (χ1n) is 7.93. The first-order chi connectivity index (χ1) is 11.6. The third-order valence-corrected chi connectivity index (χ3v) is 4.79. The van der Waals surface area contributed by atoms with E-state index in [1.165, 1.54) is 25.3 Å². The minimum absolute atomic E-state index is 0.0665. The van der Waals surface area contributed by atoms with Gasteiger partial charge in [0.05, 0.1) is 13.2 Å². The summed E-state index contributed by atoms with van der Waals surface area (Å²) in [6, 6.07) is 3.75. The minimum atomic E-state index is -3.46. The van der Waals surface area contributed by atoms with Crippen LogP contribution in [0.2, 0.25) is 0 Å². The van der Waals surface area contributed by atoms with Crippen molar-refractivity contribution in [2.24, 2.45) is 0 Å². The van der Waals surface area contributed by atoms with Crippen molar-refractivity contribution in [3.8, 4) is 11.5 Å². The van der Waals surface area contributed by atoms with E-state index in [9.17, 15) is 30.3 Å². The van der Waals surface area contributed by atoms with E-state index in [-0.39, 0.29) is 17.4 Å². The number of methoxy groups -OCH3 is 1. The normalized spacial score (nSPS) is 28.0. The van der Waals surface area contributed by atoms with Gasteiger partial charge in [-0.05, 0) is 37.8 Å². The fourth-order valence-corrected chi connectivity index (χ4v) is 3.33. The molecule has 25 heavy (non-hydrogen) atoms. The number of aliphatic hydroxyl groups is 5. The molecule has 1 saturated carbocycles. The van der Waals surface area contributed by atoms with Crippen molar-refractivity contribution >= 4 is 5.91 Å². The maximum atomic E-state index is 11.6. The van der Waals surface area contributed by atoms with Crippen LogP contribution < -0.4 is 14.8 Å². The summed E-state index contributed by atoms with van der Waals surface area (Å²) in [6.07, 6.45) is 3.64. The van der Waals surface area contributed by atoms with Gasteiger partial charge < -0.3 is 35.0 Å². The molecule has 6 N–H and O–H groups in total. The van der Waals surface area contributed by atoms with Crippen molar-refractivity contribution in [3.05, 3.63) is 23.8 Å². The molecule has 0 spiro atoms. The molecule has 1 heterocycles. The summed E-state index contributed by atoms with van der Waals surface area (Å²) in [5, 5.41) is 52.1. The average Bonchev–Trinajstić information content (AvgIpc) is 3.09. The molecule has 1 aliphatic heterocycles. The van der Waals surface area contributed by atoms with Crippen LogP contribution in [-0.2, 0) is 10.4 Å². The van der Waals surface area contributed by atoms with Crippen molar-refractivity contribution in [3.63, 3.8) is 0 Å². The highest BCUT2D eigenvalue weighted by Gasteiger charge is 2.73. The van der Waals surface area contributed by atoms with E-state index in [0.717, 1.165) is 25.7 Å². The predicted octanol–water partition coefficient (Wildman–Crippen LogP) is -1.35. The third kappa shape index (κ3) is 2.55. The molecule has 138 valence electrons. The molecule has 1 aliphatic carbocycles. The van der Waals surface area contributed by atoms with Gasteiger partial charge in [-0.15, -0.1) is 0 Å². The smallest absolute Gasteiger partial charge is 0.288 e. The molecule has 0 radical (unpaired) electrons. The molecular formula is C16H21NO8. The number of hydrogen-bond acceptors (Lipinski definition) is 8. The number of ether oxygens (including phenoxy) is 2. The van der Waals surface area contributed by atoms with Crippen molar-refractivity contribution in [2.45, 2.75) is 49.1 Å². The highest BCUT2D eigenvalue weighted by Crippen LogP contribution is 2.46. The Labute approximate surface area is 143 Å². The summed E-state index contributed by atoms with van der Waals surface area (Å²) in [5.41, 5.74) is -3.48. The van der Waals surface area contributed by atoms with Crippen LogP contribution in [0.5, 0.6) is 11.5 Å². The number of amides is 1. The van der Waals surface area contributed by atoms with E-state index in [1.807, 2.05) is 0 Å². The van der Waals surface area contributed by atoms with Gasteiger partial charge in [-0.2, -0.15) is 0 Å². The quantitative estimate of drug-likeness (QED) is 0.363. The van der Waals surface area contributed by atoms with Crippen LogP contribution in [0.25, 0.3) is 0 Å². The highest BCUT2D eigenvalue weighted by atomic mass is 16.6. The Morgan fingerprint density at radius 3 is 2.24 bits per heavy atom. The first kappa shape index (κ1) is 17.9. The summed E-state index contributed by atoms with van der Waals surface area (Å²) < 4.78 is 11.0. The molecule has 2 aliphatic rings. The Morgan fingerprint density at radius 2 is 1.72 bits per heavy atom. The highest BCUT2D eigenvalue weighted by molar-refractivity contribution is 5.88. The first-order valence-corrected chi connectivity index (χ1v) is 7.93. The fourth-order valence-electron chi connectivity index (χ4n) is 3.33. The van der Waals surface area contributed by atoms with Crippen LogP contribution in [0.15, 0.2) is 18.2 Å². The number of carbonyl (C=O) groups is 1. The molecule has 9 nitrogen and oxygen atoms in total. The Balaban J connectivity index is 2.05. The number of nitrogens with one attached hydrogen (secondary N) is 1. The van der Waals surface area contributed by atoms with Gasteiger partial charge in [0.2, 0.25) is 5.60 Å². The molecule has 1 atom stereocenters. The predicted molar refractivity (Wildman–Crippen MR) is 82.3 cm³/mol. The van der Waals surface area contributed by atoms with Gasteiger partial charge in [0.25, 0.3) is 17.6 Å².